The molecule has 14 atom stereocenters. The van der Waals surface area contributed by atoms with Crippen LogP contribution in [0.25, 0.3) is 0 Å². The number of carboxylic acids is 5. The number of amides is 15. The lowest BCUT2D eigenvalue weighted by molar-refractivity contribution is -0.143. The number of nitrogens with zero attached hydrogens (tertiary/aromatic N) is 3. The number of phenolic OH excluding ortho intramolecular Hbond substituents is 1. The maximum Gasteiger partial charge on any atom is 0.326 e. The third-order valence-corrected chi connectivity index (χ3v) is 19.2. The Balaban J connectivity index is 1.35. The first kappa shape index (κ1) is 105. The normalized spacial score (nSPS) is 14.2. The van der Waals surface area contributed by atoms with Gasteiger partial charge in [0.15, 0.2) is 5.96 Å². The number of imidazole rings is 3. The molecule has 0 fully saturated rings. The number of nitrogens with one attached hydrogen (secondary N) is 19. The number of nitrogens with two attached hydrogens (primary N) is 3. The summed E-state index contributed by atoms with van der Waals surface area (Å²) in [6.07, 6.45) is -0.821. The molecule has 0 spiro atoms. The van der Waals surface area contributed by atoms with Crippen molar-refractivity contribution in [1.29, 1.82) is 5.41 Å². The lowest BCUT2D eigenvalue weighted by atomic mass is 10.00. The highest BCUT2D eigenvalue weighted by molar-refractivity contribution is 6.01. The SMILES string of the molecule is CC(C)[C@H](NC(=O)[C@H](CCC(=O)O)NC(=O)[C@H](Cc1ccc(O)cc1)NC(=O)CNC(=O)[C@H](CO)NC(=O)[C@H](CC(=O)O)NC(=O)[C@H](Cc1cnc[nH]1)NC(=O)[C@H](CCCNC(=N)N)NC(=O)[C@H](Cc1ccccc1)NC(=O)[C@H](CCC(=O)O)NC(=O)[C@H](C)NC(=O)[C@@H](N)CC(=O)O)C(=O)N[C@@H](Cc1cnc[nH]1)C(=O)N[C@@H](Cc1cnc[nH]1)C(=O)N[C@@H](CCC(N)=O)C(=O)O. The molecule has 706 valence electrons. The van der Waals surface area contributed by atoms with Crippen LogP contribution in [0.1, 0.15) is 113 Å². The van der Waals surface area contributed by atoms with Gasteiger partial charge in [-0.05, 0) is 68.2 Å². The second kappa shape index (κ2) is 53.1. The molecular weight excluding hydrogens is 1720 g/mol. The standard InChI is InChI=1S/C78H107N25O27/c1-37(2)63(76(128)101-54(26-43-31-85-36-90-43)74(126)99-52(24-41-29-83-34-88-41)72(124)96-49(77(129)130)15-18-57(80)106)103-69(121)48(17-20-60(110)111)95-70(122)50(23-40-11-13-44(105)14-12-40)92-58(107)32-87-66(118)56(33-104)102-75(127)55(28-62(114)115)100-73(125)53(25-42-30-84-35-89-42)98-67(119)46(10-7-21-86-78(81)82)94-71(123)51(22-39-8-5-4-6-9-39)97-68(120)47(16-19-59(108)109)93-64(116)38(3)91-65(117)45(79)27-61(112)113/h4-6,8-9,11-14,29-31,34-38,45-56,63,104-105H,7,10,15-28,32-33,79H2,1-3H3,(H2,80,106)(H,83,88)(H,84,89)(H,85,90)(H,87,118)(H,91,117)(H,92,107)(H,93,116)(H,94,123)(H,95,122)(H,96,124)(H,97,120)(H,98,119)(H,99,126)(H,100,125)(H,101,128)(H,102,127)(H,103,121)(H,108,109)(H,110,111)(H,112,113)(H,114,115)(H,129,130)(H4,81,82,86)/t38-,45-,46-,47-,48-,49-,50-,51-,52-,53-,54-,55-,56-,63-/m0/s1. The Morgan fingerprint density at radius 1 is 0.392 bits per heavy atom. The van der Waals surface area contributed by atoms with E-state index >= 15 is 0 Å². The lowest BCUT2D eigenvalue weighted by Gasteiger charge is -2.28. The first-order valence-electron chi connectivity index (χ1n) is 40.3. The van der Waals surface area contributed by atoms with Gasteiger partial charge < -0.3 is 148 Å². The molecule has 0 unspecified atom stereocenters. The van der Waals surface area contributed by atoms with Crippen molar-refractivity contribution in [3.05, 3.63) is 120 Å². The number of H-pyrrole nitrogens is 3. The number of aromatic nitrogens is 6. The molecule has 0 aliphatic rings. The van der Waals surface area contributed by atoms with Gasteiger partial charge >= 0.3 is 29.8 Å². The van der Waals surface area contributed by atoms with Crippen molar-refractivity contribution in [2.24, 2.45) is 23.1 Å². The third kappa shape index (κ3) is 37.7. The fourth-order valence-electron chi connectivity index (χ4n) is 12.3. The number of carbonyl (C=O) groups excluding carboxylic acids is 15. The molecule has 0 saturated heterocycles. The zero-order chi connectivity index (χ0) is 96.4. The molecule has 5 rings (SSSR count). The third-order valence-electron chi connectivity index (χ3n) is 19.2. The number of aliphatic hydroxyl groups excluding tert-OH is 1. The summed E-state index contributed by atoms with van der Waals surface area (Å²) in [6, 6.07) is -11.6. The predicted molar refractivity (Wildman–Crippen MR) is 446 cm³/mol. The summed E-state index contributed by atoms with van der Waals surface area (Å²) in [5.41, 5.74) is 17.6. The molecule has 0 saturated carbocycles. The molecule has 52 nitrogen and oxygen atoms in total. The second-order valence-corrected chi connectivity index (χ2v) is 30.0. The molecule has 15 amide bonds. The van der Waals surface area contributed by atoms with Crippen LogP contribution in [0.3, 0.4) is 0 Å². The van der Waals surface area contributed by atoms with Crippen molar-refractivity contribution in [3.8, 4) is 5.75 Å². The number of rotatable bonds is 58. The van der Waals surface area contributed by atoms with Gasteiger partial charge in [-0.2, -0.15) is 0 Å². The van der Waals surface area contributed by atoms with Crippen molar-refractivity contribution >= 4 is 124 Å². The van der Waals surface area contributed by atoms with E-state index in [4.69, 9.17) is 27.7 Å². The monoisotopic (exact) mass is 1830 g/mol. The summed E-state index contributed by atoms with van der Waals surface area (Å²) in [6.45, 7) is 1.55. The molecule has 0 aliphatic carbocycles. The number of hydrogen-bond donors (Lipinski definition) is 29. The Morgan fingerprint density at radius 3 is 1.20 bits per heavy atom. The molecule has 5 aromatic rings. The Bertz CT molecular complexity index is 4750. The van der Waals surface area contributed by atoms with E-state index in [-0.39, 0.29) is 67.0 Å². The van der Waals surface area contributed by atoms with Gasteiger partial charge in [0.2, 0.25) is 88.6 Å². The van der Waals surface area contributed by atoms with Crippen LogP contribution in [-0.4, -0.2) is 294 Å². The number of aromatic amines is 3. The first-order chi connectivity index (χ1) is 61.5. The minimum Gasteiger partial charge on any atom is -0.508 e. The van der Waals surface area contributed by atoms with E-state index in [0.29, 0.717) is 5.56 Å². The molecule has 0 radical (unpaired) electrons. The molecule has 3 heterocycles. The molecule has 3 aromatic heterocycles. The molecule has 0 aliphatic heterocycles. The van der Waals surface area contributed by atoms with Crippen molar-refractivity contribution in [3.63, 3.8) is 0 Å². The van der Waals surface area contributed by atoms with Gasteiger partial charge in [0, 0.05) is 93.6 Å². The summed E-state index contributed by atoms with van der Waals surface area (Å²) < 4.78 is 0. The number of aliphatic hydroxyl groups is 1. The van der Waals surface area contributed by atoms with Gasteiger partial charge in [0.25, 0.3) is 0 Å². The van der Waals surface area contributed by atoms with Crippen LogP contribution >= 0.6 is 0 Å². The molecule has 0 bridgehead atoms. The highest BCUT2D eigenvalue weighted by Gasteiger charge is 2.40. The molecular formula is C78H107N25O27. The fraction of sp³-hybridized carbons (Fsp3) is 0.462. The average Bonchev–Trinajstić information content (AvgIpc) is 0.971. The Kier molecular flexibility index (Phi) is 42.9. The minimum atomic E-state index is -2.19. The number of aliphatic carboxylic acids is 5. The molecule has 52 heteroatoms. The van der Waals surface area contributed by atoms with Crippen LogP contribution in [0.2, 0.25) is 0 Å². The van der Waals surface area contributed by atoms with Crippen molar-refractivity contribution in [2.45, 2.75) is 202 Å². The quantitative estimate of drug-likeness (QED) is 0.00976. The summed E-state index contributed by atoms with van der Waals surface area (Å²) in [4.78, 5) is 289. The number of benzene rings is 2. The van der Waals surface area contributed by atoms with E-state index in [1.165, 1.54) is 75.7 Å². The van der Waals surface area contributed by atoms with Crippen LogP contribution in [-0.2, 0) is 128 Å². The number of primary amides is 1. The van der Waals surface area contributed by atoms with Gasteiger partial charge in [-0.25, -0.2) is 19.7 Å². The van der Waals surface area contributed by atoms with Gasteiger partial charge in [0.1, 0.15) is 84.3 Å². The van der Waals surface area contributed by atoms with E-state index < -0.39 is 292 Å². The highest BCUT2D eigenvalue weighted by atomic mass is 16.4. The Morgan fingerprint density at radius 2 is 0.777 bits per heavy atom. The summed E-state index contributed by atoms with van der Waals surface area (Å²) in [5, 5.41) is 112. The fourth-order valence-corrected chi connectivity index (χ4v) is 12.3. The highest BCUT2D eigenvalue weighted by Crippen LogP contribution is 2.16. The van der Waals surface area contributed by atoms with E-state index in [0.717, 1.165) is 6.92 Å². The van der Waals surface area contributed by atoms with Crippen LogP contribution in [0.5, 0.6) is 5.75 Å². The van der Waals surface area contributed by atoms with Gasteiger partial charge in [-0.15, -0.1) is 0 Å². The van der Waals surface area contributed by atoms with E-state index in [1.807, 2.05) is 0 Å². The largest absolute Gasteiger partial charge is 0.508 e. The molecule has 2 aromatic carbocycles. The summed E-state index contributed by atoms with van der Waals surface area (Å²) >= 11 is 0. The predicted octanol–water partition coefficient (Wildman–Crippen LogP) is -9.22. The molecule has 32 N–H and O–H groups in total. The minimum absolute atomic E-state index is 0.0806. The first-order valence-corrected chi connectivity index (χ1v) is 40.3. The maximum absolute atomic E-state index is 14.7. The topological polar surface area (TPSA) is 851 Å². The van der Waals surface area contributed by atoms with Crippen molar-refractivity contribution in [2.75, 3.05) is 19.7 Å². The number of phenols is 1. The summed E-state index contributed by atoms with van der Waals surface area (Å²) in [5.74, 6) is -26.6. The van der Waals surface area contributed by atoms with Crippen LogP contribution < -0.4 is 97.0 Å². The molecule has 130 heavy (non-hydrogen) atoms. The van der Waals surface area contributed by atoms with Gasteiger partial charge in [-0.1, -0.05) is 56.3 Å². The Labute approximate surface area is 738 Å². The number of guanidine groups is 1. The number of carboxylic acid groups (broad SMARTS) is 5. The summed E-state index contributed by atoms with van der Waals surface area (Å²) in [7, 11) is 0. The van der Waals surface area contributed by atoms with E-state index in [9.17, 15) is 127 Å². The van der Waals surface area contributed by atoms with Gasteiger partial charge in [-0.3, -0.25) is 96.5 Å². The van der Waals surface area contributed by atoms with E-state index in [1.54, 1.807) is 30.3 Å². The number of aromatic hydroxyl groups is 1. The zero-order valence-electron chi connectivity index (χ0n) is 70.4. The second-order valence-electron chi connectivity index (χ2n) is 30.0. The van der Waals surface area contributed by atoms with Crippen LogP contribution in [0.15, 0.2) is 92.2 Å². The zero-order valence-corrected chi connectivity index (χ0v) is 70.4. The average molecular weight is 1830 g/mol. The lowest BCUT2D eigenvalue weighted by Crippen LogP contribution is -2.61. The van der Waals surface area contributed by atoms with Crippen molar-refractivity contribution < 1.29 is 132 Å². The van der Waals surface area contributed by atoms with Crippen molar-refractivity contribution in [1.82, 2.24) is 110 Å². The van der Waals surface area contributed by atoms with Crippen LogP contribution in [0.4, 0.5) is 0 Å². The van der Waals surface area contributed by atoms with Gasteiger partial charge in [0.05, 0.1) is 51.0 Å². The number of hydrogen-bond acceptors (Lipinski definition) is 27. The smallest absolute Gasteiger partial charge is 0.326 e. The van der Waals surface area contributed by atoms with Crippen LogP contribution in [0, 0.1) is 11.3 Å². The number of carbonyl (C=O) groups is 20. The Hall–Kier alpha value is -15.5. The maximum atomic E-state index is 14.7. The van der Waals surface area contributed by atoms with E-state index in [2.05, 4.69) is 110 Å².